The molecule has 2 aromatic heterocycles. The number of hydrogen-bond donors (Lipinski definition) is 0. The van der Waals surface area contributed by atoms with Crippen LogP contribution in [-0.2, 0) is 6.54 Å². The molecular weight excluding hydrogens is 286 g/mol. The van der Waals surface area contributed by atoms with Gasteiger partial charge in [-0.25, -0.2) is 8.78 Å². The Hall–Kier alpha value is -1.77. The summed E-state index contributed by atoms with van der Waals surface area (Å²) in [5.41, 5.74) is 1.70. The van der Waals surface area contributed by atoms with Crippen molar-refractivity contribution < 1.29 is 8.78 Å². The molecule has 0 aromatic carbocycles. The highest BCUT2D eigenvalue weighted by Gasteiger charge is 2.19. The lowest BCUT2D eigenvalue weighted by Crippen LogP contribution is -2.02. The van der Waals surface area contributed by atoms with E-state index in [0.717, 1.165) is 22.5 Å². The van der Waals surface area contributed by atoms with Crippen LogP contribution >= 0.6 is 11.8 Å². The summed E-state index contributed by atoms with van der Waals surface area (Å²) >= 11 is 1.20. The fourth-order valence-corrected chi connectivity index (χ4v) is 2.11. The van der Waals surface area contributed by atoms with E-state index in [0.29, 0.717) is 5.16 Å². The predicted octanol–water partition coefficient (Wildman–Crippen LogP) is 2.34. The topological polar surface area (TPSA) is 60.9 Å². The van der Waals surface area contributed by atoms with E-state index in [1.807, 2.05) is 13.8 Å². The standard InChI is InChI=1S/C11H14F2N6S/c1-4-18-7(2)8(5-14-18)6-15-19-10(9(12)13)16-17-11(19)20-3/h5-6,9H,4H2,1-3H3/b15-6-. The van der Waals surface area contributed by atoms with Crippen LogP contribution in [0.3, 0.4) is 0 Å². The molecule has 0 saturated heterocycles. The maximum Gasteiger partial charge on any atom is 0.299 e. The van der Waals surface area contributed by atoms with Crippen LogP contribution in [-0.4, -0.2) is 37.1 Å². The van der Waals surface area contributed by atoms with Crippen molar-refractivity contribution >= 4 is 18.0 Å². The second-order valence-corrected chi connectivity index (χ2v) is 4.68. The van der Waals surface area contributed by atoms with Crippen molar-refractivity contribution in [2.75, 3.05) is 6.26 Å². The normalized spacial score (nSPS) is 11.9. The highest BCUT2D eigenvalue weighted by Crippen LogP contribution is 2.21. The zero-order chi connectivity index (χ0) is 14.7. The largest absolute Gasteiger partial charge is 0.299 e. The summed E-state index contributed by atoms with van der Waals surface area (Å²) in [6, 6.07) is 0. The van der Waals surface area contributed by atoms with Crippen LogP contribution in [0.5, 0.6) is 0 Å². The number of aromatic nitrogens is 5. The molecule has 0 spiro atoms. The Morgan fingerprint density at radius 1 is 1.45 bits per heavy atom. The highest BCUT2D eigenvalue weighted by atomic mass is 32.2. The monoisotopic (exact) mass is 300 g/mol. The van der Waals surface area contributed by atoms with Crippen LogP contribution in [0, 0.1) is 6.92 Å². The van der Waals surface area contributed by atoms with Gasteiger partial charge in [0.2, 0.25) is 11.0 Å². The molecule has 0 saturated carbocycles. The van der Waals surface area contributed by atoms with E-state index in [1.165, 1.54) is 18.0 Å². The summed E-state index contributed by atoms with van der Waals surface area (Å²) < 4.78 is 28.5. The molecule has 0 aliphatic rings. The van der Waals surface area contributed by atoms with Crippen LogP contribution in [0.2, 0.25) is 0 Å². The zero-order valence-electron chi connectivity index (χ0n) is 11.3. The van der Waals surface area contributed by atoms with E-state index in [4.69, 9.17) is 0 Å². The van der Waals surface area contributed by atoms with Crippen LogP contribution in [0.1, 0.15) is 30.4 Å². The number of hydrogen-bond acceptors (Lipinski definition) is 5. The number of rotatable bonds is 5. The van der Waals surface area contributed by atoms with Gasteiger partial charge < -0.3 is 0 Å². The second-order valence-electron chi connectivity index (χ2n) is 3.90. The minimum atomic E-state index is -2.72. The summed E-state index contributed by atoms with van der Waals surface area (Å²) in [6.07, 6.45) is 2.14. The van der Waals surface area contributed by atoms with E-state index >= 15 is 0 Å². The lowest BCUT2D eigenvalue weighted by molar-refractivity contribution is 0.135. The Labute approximate surface area is 118 Å². The molecule has 108 valence electrons. The van der Waals surface area contributed by atoms with Gasteiger partial charge in [0.1, 0.15) is 0 Å². The van der Waals surface area contributed by atoms with E-state index in [2.05, 4.69) is 20.4 Å². The smallest absolute Gasteiger partial charge is 0.269 e. The minimum absolute atomic E-state index is 0.317. The molecule has 0 aliphatic heterocycles. The fourth-order valence-electron chi connectivity index (χ4n) is 1.68. The summed E-state index contributed by atoms with van der Waals surface area (Å²) in [5, 5.41) is 15.7. The van der Waals surface area contributed by atoms with E-state index in [-0.39, 0.29) is 0 Å². The average molecular weight is 300 g/mol. The molecule has 20 heavy (non-hydrogen) atoms. The SMILES string of the molecule is CCn1ncc(/C=N\n2c(SC)nnc2C(F)F)c1C. The lowest BCUT2D eigenvalue weighted by Gasteiger charge is -2.01. The van der Waals surface area contributed by atoms with Gasteiger partial charge in [-0.05, 0) is 20.1 Å². The van der Waals surface area contributed by atoms with Gasteiger partial charge in [0, 0.05) is 17.8 Å². The fraction of sp³-hybridized carbons (Fsp3) is 0.455. The van der Waals surface area contributed by atoms with Crippen LogP contribution in [0.4, 0.5) is 8.78 Å². The first-order chi connectivity index (χ1) is 9.58. The maximum absolute atomic E-state index is 12.8. The molecule has 0 unspecified atom stereocenters. The average Bonchev–Trinajstić information content (AvgIpc) is 2.99. The highest BCUT2D eigenvalue weighted by molar-refractivity contribution is 7.98. The minimum Gasteiger partial charge on any atom is -0.269 e. The van der Waals surface area contributed by atoms with Crippen molar-refractivity contribution in [3.63, 3.8) is 0 Å². The summed E-state index contributed by atoms with van der Waals surface area (Å²) in [6.45, 7) is 4.61. The van der Waals surface area contributed by atoms with E-state index < -0.39 is 12.2 Å². The van der Waals surface area contributed by atoms with Gasteiger partial charge in [-0.2, -0.15) is 14.9 Å². The first kappa shape index (κ1) is 14.6. The second kappa shape index (κ2) is 6.12. The van der Waals surface area contributed by atoms with Gasteiger partial charge in [0.25, 0.3) is 6.43 Å². The van der Waals surface area contributed by atoms with E-state index in [1.54, 1.807) is 17.1 Å². The molecule has 2 rings (SSSR count). The van der Waals surface area contributed by atoms with Crippen molar-refractivity contribution in [3.05, 3.63) is 23.3 Å². The van der Waals surface area contributed by atoms with Gasteiger partial charge in [-0.3, -0.25) is 4.68 Å². The number of nitrogens with zero attached hydrogens (tertiary/aromatic N) is 6. The Kier molecular flexibility index (Phi) is 4.48. The zero-order valence-corrected chi connectivity index (χ0v) is 12.1. The molecule has 0 aliphatic carbocycles. The quantitative estimate of drug-likeness (QED) is 0.628. The molecular formula is C11H14F2N6S. The van der Waals surface area contributed by atoms with E-state index in [9.17, 15) is 8.78 Å². The van der Waals surface area contributed by atoms with Gasteiger partial charge in [0.05, 0.1) is 12.4 Å². The Morgan fingerprint density at radius 2 is 2.20 bits per heavy atom. The Morgan fingerprint density at radius 3 is 2.75 bits per heavy atom. The van der Waals surface area contributed by atoms with Gasteiger partial charge in [0.15, 0.2) is 0 Å². The van der Waals surface area contributed by atoms with Gasteiger partial charge >= 0.3 is 0 Å². The first-order valence-corrected chi connectivity index (χ1v) is 7.15. The molecule has 0 fully saturated rings. The van der Waals surface area contributed by atoms with Crippen molar-refractivity contribution in [2.24, 2.45) is 5.10 Å². The summed E-state index contributed by atoms with van der Waals surface area (Å²) in [5.74, 6) is -0.467. The molecule has 0 N–H and O–H groups in total. The maximum atomic E-state index is 12.8. The molecule has 9 heteroatoms. The summed E-state index contributed by atoms with van der Waals surface area (Å²) in [7, 11) is 0. The van der Waals surface area contributed by atoms with Crippen LogP contribution in [0.15, 0.2) is 16.5 Å². The Balaban J connectivity index is 2.35. The third-order valence-electron chi connectivity index (χ3n) is 2.77. The third kappa shape index (κ3) is 2.72. The number of thioether (sulfide) groups is 1. The Bertz CT molecular complexity index is 618. The molecule has 0 amide bonds. The molecule has 0 atom stereocenters. The molecule has 2 aromatic rings. The van der Waals surface area contributed by atoms with Crippen molar-refractivity contribution in [2.45, 2.75) is 32.0 Å². The molecule has 0 bridgehead atoms. The van der Waals surface area contributed by atoms with Crippen molar-refractivity contribution in [3.8, 4) is 0 Å². The molecule has 0 radical (unpaired) electrons. The molecule has 2 heterocycles. The number of alkyl halides is 2. The lowest BCUT2D eigenvalue weighted by atomic mass is 10.3. The van der Waals surface area contributed by atoms with Crippen LogP contribution < -0.4 is 0 Å². The summed E-state index contributed by atoms with van der Waals surface area (Å²) in [4.78, 5) is 0. The van der Waals surface area contributed by atoms with Crippen molar-refractivity contribution in [1.29, 1.82) is 0 Å². The van der Waals surface area contributed by atoms with Crippen LogP contribution in [0.25, 0.3) is 0 Å². The molecule has 6 nitrogen and oxygen atoms in total. The van der Waals surface area contributed by atoms with Gasteiger partial charge in [-0.1, -0.05) is 11.8 Å². The number of aryl methyl sites for hydroxylation is 1. The predicted molar refractivity (Wildman–Crippen MR) is 72.4 cm³/mol. The number of halogens is 2. The first-order valence-electron chi connectivity index (χ1n) is 5.92. The van der Waals surface area contributed by atoms with Gasteiger partial charge in [-0.15, -0.1) is 10.2 Å². The third-order valence-corrected chi connectivity index (χ3v) is 3.39. The van der Waals surface area contributed by atoms with Crippen molar-refractivity contribution in [1.82, 2.24) is 24.7 Å².